The number of thiazole rings is 1. The second-order valence-electron chi connectivity index (χ2n) is 7.92. The van der Waals surface area contributed by atoms with E-state index in [0.717, 1.165) is 21.8 Å². The molecule has 0 saturated carbocycles. The van der Waals surface area contributed by atoms with Crippen molar-refractivity contribution in [2.24, 2.45) is 0 Å². The van der Waals surface area contributed by atoms with Crippen molar-refractivity contribution in [3.05, 3.63) is 75.5 Å². The van der Waals surface area contributed by atoms with E-state index in [-0.39, 0.29) is 5.82 Å². The molecule has 1 aliphatic heterocycles. The Bertz CT molecular complexity index is 1170. The molecule has 6 nitrogen and oxygen atoms in total. The lowest BCUT2D eigenvalue weighted by atomic mass is 10.2. The van der Waals surface area contributed by atoms with Crippen molar-refractivity contribution >= 4 is 21.4 Å². The van der Waals surface area contributed by atoms with Crippen LogP contribution >= 0.6 is 11.3 Å². The fourth-order valence-electron chi connectivity index (χ4n) is 3.75. The molecule has 2 aromatic carbocycles. The summed E-state index contributed by atoms with van der Waals surface area (Å²) in [4.78, 5) is 7.22. The van der Waals surface area contributed by atoms with Gasteiger partial charge in [-0.3, -0.25) is 4.90 Å². The highest BCUT2D eigenvalue weighted by Crippen LogP contribution is 2.23. The van der Waals surface area contributed by atoms with Crippen LogP contribution in [0.15, 0.2) is 52.7 Å². The molecule has 1 fully saturated rings. The third-order valence-electron chi connectivity index (χ3n) is 5.44. The highest BCUT2D eigenvalue weighted by Gasteiger charge is 2.29. The van der Waals surface area contributed by atoms with Crippen molar-refractivity contribution in [3.8, 4) is 5.75 Å². The molecule has 0 unspecified atom stereocenters. The molecule has 0 amide bonds. The van der Waals surface area contributed by atoms with Crippen LogP contribution in [0.4, 0.5) is 4.39 Å². The molecule has 4 rings (SSSR count). The third kappa shape index (κ3) is 5.35. The Morgan fingerprint density at radius 2 is 1.78 bits per heavy atom. The zero-order valence-corrected chi connectivity index (χ0v) is 19.8. The second-order valence-corrected chi connectivity index (χ2v) is 10.8. The van der Waals surface area contributed by atoms with Crippen LogP contribution in [0.3, 0.4) is 0 Å². The summed E-state index contributed by atoms with van der Waals surface area (Å²) in [6.07, 6.45) is 0. The predicted octanol–water partition coefficient (Wildman–Crippen LogP) is 3.98. The predicted molar refractivity (Wildman–Crippen MR) is 123 cm³/mol. The van der Waals surface area contributed by atoms with Crippen molar-refractivity contribution in [1.29, 1.82) is 0 Å². The third-order valence-corrected chi connectivity index (χ3v) is 8.37. The number of hydrogen-bond donors (Lipinski definition) is 0. The lowest BCUT2D eigenvalue weighted by molar-refractivity contribution is 0.180. The van der Waals surface area contributed by atoms with Gasteiger partial charge >= 0.3 is 0 Å². The molecule has 1 aromatic heterocycles. The Hall–Kier alpha value is -2.33. The van der Waals surface area contributed by atoms with E-state index in [2.05, 4.69) is 9.88 Å². The summed E-state index contributed by atoms with van der Waals surface area (Å²) in [5.41, 5.74) is 2.78. The minimum atomic E-state index is -3.48. The molecular weight excluding hydrogens is 449 g/mol. The van der Waals surface area contributed by atoms with E-state index in [0.29, 0.717) is 50.0 Å². The molecule has 0 atom stereocenters. The largest absolute Gasteiger partial charge is 0.486 e. The van der Waals surface area contributed by atoms with Crippen LogP contribution in [0.25, 0.3) is 0 Å². The van der Waals surface area contributed by atoms with Gasteiger partial charge in [0.25, 0.3) is 0 Å². The quantitative estimate of drug-likeness (QED) is 0.517. The van der Waals surface area contributed by atoms with Crippen LogP contribution in [0, 0.1) is 19.7 Å². The van der Waals surface area contributed by atoms with Gasteiger partial charge < -0.3 is 4.74 Å². The van der Waals surface area contributed by atoms with Crippen molar-refractivity contribution in [2.45, 2.75) is 31.9 Å². The van der Waals surface area contributed by atoms with Gasteiger partial charge in [-0.1, -0.05) is 17.7 Å². The van der Waals surface area contributed by atoms with Crippen molar-refractivity contribution in [1.82, 2.24) is 14.2 Å². The maximum absolute atomic E-state index is 13.1. The lowest BCUT2D eigenvalue weighted by Gasteiger charge is -2.33. The molecule has 0 radical (unpaired) electrons. The van der Waals surface area contributed by atoms with Gasteiger partial charge in [-0.25, -0.2) is 17.8 Å². The number of ether oxygens (including phenoxy) is 1. The van der Waals surface area contributed by atoms with Gasteiger partial charge in [0.05, 0.1) is 10.6 Å². The topological polar surface area (TPSA) is 62.7 Å². The molecular formula is C23H26FN3O3S2. The molecule has 0 aliphatic carbocycles. The highest BCUT2D eigenvalue weighted by atomic mass is 32.2. The number of sulfonamides is 1. The van der Waals surface area contributed by atoms with E-state index < -0.39 is 10.0 Å². The second kappa shape index (κ2) is 9.66. The summed E-state index contributed by atoms with van der Waals surface area (Å²) in [7, 11) is -3.48. The molecule has 0 spiro atoms. The van der Waals surface area contributed by atoms with E-state index in [1.807, 2.05) is 31.4 Å². The molecule has 1 aliphatic rings. The minimum absolute atomic E-state index is 0.296. The molecule has 2 heterocycles. The van der Waals surface area contributed by atoms with Crippen LogP contribution in [0.2, 0.25) is 0 Å². The molecule has 0 N–H and O–H groups in total. The fraction of sp³-hybridized carbons (Fsp3) is 0.348. The van der Waals surface area contributed by atoms with Gasteiger partial charge in [0.1, 0.15) is 23.2 Å². The number of nitrogens with zero attached hydrogens (tertiary/aromatic N) is 3. The summed E-state index contributed by atoms with van der Waals surface area (Å²) in [5, 5.41) is 2.85. The first kappa shape index (κ1) is 22.8. The maximum atomic E-state index is 13.1. The summed E-state index contributed by atoms with van der Waals surface area (Å²) >= 11 is 1.52. The molecule has 32 heavy (non-hydrogen) atoms. The Labute approximate surface area is 192 Å². The number of rotatable bonds is 7. The molecule has 3 aromatic rings. The van der Waals surface area contributed by atoms with E-state index in [4.69, 9.17) is 4.74 Å². The Balaban J connectivity index is 1.30. The van der Waals surface area contributed by atoms with Gasteiger partial charge in [0.2, 0.25) is 10.0 Å². The zero-order chi connectivity index (χ0) is 22.7. The van der Waals surface area contributed by atoms with Crippen LogP contribution < -0.4 is 4.74 Å². The summed E-state index contributed by atoms with van der Waals surface area (Å²) in [6, 6.07) is 11.4. The minimum Gasteiger partial charge on any atom is -0.486 e. The van der Waals surface area contributed by atoms with Crippen LogP contribution in [-0.4, -0.2) is 48.8 Å². The lowest BCUT2D eigenvalue weighted by Crippen LogP contribution is -2.48. The highest BCUT2D eigenvalue weighted by molar-refractivity contribution is 7.89. The van der Waals surface area contributed by atoms with Gasteiger partial charge in [-0.2, -0.15) is 4.31 Å². The molecule has 170 valence electrons. The first-order valence-electron chi connectivity index (χ1n) is 10.4. The Morgan fingerprint density at radius 3 is 2.47 bits per heavy atom. The van der Waals surface area contributed by atoms with Crippen molar-refractivity contribution in [3.63, 3.8) is 0 Å². The first-order valence-corrected chi connectivity index (χ1v) is 12.7. The van der Waals surface area contributed by atoms with Crippen LogP contribution in [0.5, 0.6) is 5.75 Å². The Morgan fingerprint density at radius 1 is 1.06 bits per heavy atom. The number of hydrogen-bond acceptors (Lipinski definition) is 6. The number of aryl methyl sites for hydroxylation is 2. The summed E-state index contributed by atoms with van der Waals surface area (Å²) in [5.74, 6) is 0.306. The zero-order valence-electron chi connectivity index (χ0n) is 18.1. The van der Waals surface area contributed by atoms with Crippen LogP contribution in [0.1, 0.15) is 21.8 Å². The van der Waals surface area contributed by atoms with E-state index >= 15 is 0 Å². The normalized spacial score (nSPS) is 15.7. The van der Waals surface area contributed by atoms with Crippen LogP contribution in [-0.2, 0) is 23.2 Å². The van der Waals surface area contributed by atoms with Gasteiger partial charge in [-0.15, -0.1) is 11.3 Å². The number of aromatic nitrogens is 1. The average molecular weight is 476 g/mol. The van der Waals surface area contributed by atoms with E-state index in [1.165, 1.54) is 23.5 Å². The number of halogens is 1. The number of benzene rings is 2. The molecule has 0 bridgehead atoms. The van der Waals surface area contributed by atoms with Gasteiger partial charge in [-0.05, 0) is 49.7 Å². The Kier molecular flexibility index (Phi) is 6.90. The van der Waals surface area contributed by atoms with Gasteiger partial charge in [0, 0.05) is 38.1 Å². The van der Waals surface area contributed by atoms with E-state index in [1.54, 1.807) is 22.5 Å². The first-order chi connectivity index (χ1) is 15.3. The van der Waals surface area contributed by atoms with Crippen molar-refractivity contribution in [2.75, 3.05) is 26.2 Å². The summed E-state index contributed by atoms with van der Waals surface area (Å²) < 4.78 is 46.3. The monoisotopic (exact) mass is 475 g/mol. The van der Waals surface area contributed by atoms with E-state index in [9.17, 15) is 12.8 Å². The average Bonchev–Trinajstić information content (AvgIpc) is 3.21. The molecule has 1 saturated heterocycles. The standard InChI is InChI=1S/C23H26FN3O3S2/c1-17-3-8-22(18(2)13-17)32(28,29)27-11-9-26(10-12-27)14-20-16-31-23(25-20)15-30-21-6-4-19(24)5-7-21/h3-8,13,16H,9-12,14-15H2,1-2H3. The SMILES string of the molecule is Cc1ccc(S(=O)(=O)N2CCN(Cc3csc(COc4ccc(F)cc4)n3)CC2)c(C)c1. The van der Waals surface area contributed by atoms with Crippen molar-refractivity contribution < 1.29 is 17.5 Å². The smallest absolute Gasteiger partial charge is 0.243 e. The summed E-state index contributed by atoms with van der Waals surface area (Å²) in [6.45, 7) is 7.03. The number of piperazine rings is 1. The van der Waals surface area contributed by atoms with Gasteiger partial charge in [0.15, 0.2) is 0 Å². The fourth-order valence-corrected chi connectivity index (χ4v) is 6.07. The maximum Gasteiger partial charge on any atom is 0.243 e. The molecule has 9 heteroatoms.